The maximum absolute atomic E-state index is 11.8. The van der Waals surface area contributed by atoms with Gasteiger partial charge in [-0.3, -0.25) is 10.1 Å². The first-order valence-corrected chi connectivity index (χ1v) is 8.89. The number of nitrogens with zero attached hydrogens (tertiary/aromatic N) is 4. The Labute approximate surface area is 134 Å². The van der Waals surface area contributed by atoms with Gasteiger partial charge in [-0.25, -0.2) is 9.97 Å². The fourth-order valence-corrected chi connectivity index (χ4v) is 3.34. The summed E-state index contributed by atoms with van der Waals surface area (Å²) in [7, 11) is 0. The Hall–Kier alpha value is -1.39. The predicted molar refractivity (Wildman–Crippen MR) is 86.7 cm³/mol. The highest BCUT2D eigenvalue weighted by atomic mass is 32.2. The van der Waals surface area contributed by atoms with Gasteiger partial charge in [-0.1, -0.05) is 30.4 Å². The maximum atomic E-state index is 11.8. The molecule has 112 valence electrons. The highest BCUT2D eigenvalue weighted by Gasteiger charge is 2.10. The molecule has 0 aliphatic rings. The highest BCUT2D eigenvalue weighted by Crippen LogP contribution is 2.22. The lowest BCUT2D eigenvalue weighted by Gasteiger charge is -2.02. The van der Waals surface area contributed by atoms with Gasteiger partial charge in [-0.2, -0.15) is 9.36 Å². The number of aromatic nitrogens is 4. The van der Waals surface area contributed by atoms with Crippen molar-refractivity contribution in [3.63, 3.8) is 0 Å². The molecule has 0 spiro atoms. The lowest BCUT2D eigenvalue weighted by molar-refractivity contribution is -0.113. The topological polar surface area (TPSA) is 107 Å². The first-order chi connectivity index (χ1) is 10.2. The number of nitrogens with one attached hydrogen (secondary N) is 1. The molecule has 0 fully saturated rings. The second-order valence-corrected chi connectivity index (χ2v) is 6.59. The summed E-state index contributed by atoms with van der Waals surface area (Å²) in [6.45, 7) is 2.09. The Bertz CT molecular complexity index is 605. The third-order valence-electron chi connectivity index (χ3n) is 2.12. The number of nitrogen functional groups attached to an aromatic ring is 1. The Kier molecular flexibility index (Phi) is 6.21. The van der Waals surface area contributed by atoms with Crippen molar-refractivity contribution in [3.8, 4) is 0 Å². The molecule has 2 aromatic rings. The van der Waals surface area contributed by atoms with Gasteiger partial charge < -0.3 is 5.73 Å². The number of carbonyl (C=O) groups is 1. The Morgan fingerprint density at radius 1 is 1.38 bits per heavy atom. The minimum atomic E-state index is -0.173. The molecule has 0 saturated carbocycles. The van der Waals surface area contributed by atoms with Crippen LogP contribution in [0.25, 0.3) is 0 Å². The van der Waals surface area contributed by atoms with E-state index < -0.39 is 0 Å². The van der Waals surface area contributed by atoms with Gasteiger partial charge in [0.2, 0.25) is 16.2 Å². The third-order valence-corrected chi connectivity index (χ3v) is 4.91. The summed E-state index contributed by atoms with van der Waals surface area (Å²) in [5, 5.41) is 4.46. The van der Waals surface area contributed by atoms with Crippen molar-refractivity contribution in [2.75, 3.05) is 22.6 Å². The Balaban J connectivity index is 1.82. The van der Waals surface area contributed by atoms with Gasteiger partial charge in [0.25, 0.3) is 0 Å². The van der Waals surface area contributed by atoms with Crippen LogP contribution >= 0.6 is 35.1 Å². The average Bonchev–Trinajstić information content (AvgIpc) is 2.91. The van der Waals surface area contributed by atoms with Gasteiger partial charge in [0.1, 0.15) is 5.03 Å². The zero-order valence-electron chi connectivity index (χ0n) is 11.3. The monoisotopic (exact) mass is 342 g/mol. The zero-order chi connectivity index (χ0) is 15.1. The molecule has 0 bridgehead atoms. The van der Waals surface area contributed by atoms with E-state index in [0.717, 1.165) is 12.2 Å². The van der Waals surface area contributed by atoms with Crippen molar-refractivity contribution in [3.05, 3.63) is 12.4 Å². The number of hydrogen-bond donors (Lipinski definition) is 2. The molecule has 10 heteroatoms. The number of amides is 1. The molecule has 0 unspecified atom stereocenters. The molecule has 0 aromatic carbocycles. The fourth-order valence-electron chi connectivity index (χ4n) is 1.25. The van der Waals surface area contributed by atoms with Crippen molar-refractivity contribution in [2.24, 2.45) is 0 Å². The first kappa shape index (κ1) is 16.0. The summed E-state index contributed by atoms with van der Waals surface area (Å²) in [5.41, 5.74) is 5.66. The molecule has 1 amide bonds. The van der Waals surface area contributed by atoms with Crippen molar-refractivity contribution in [1.29, 1.82) is 0 Å². The first-order valence-electron chi connectivity index (χ1n) is 6.14. The smallest absolute Gasteiger partial charge is 0.236 e. The third kappa shape index (κ3) is 5.14. The largest absolute Gasteiger partial charge is 0.381 e. The quantitative estimate of drug-likeness (QED) is 0.737. The van der Waals surface area contributed by atoms with Gasteiger partial charge in [-0.05, 0) is 6.42 Å². The van der Waals surface area contributed by atoms with E-state index in [0.29, 0.717) is 21.1 Å². The zero-order valence-corrected chi connectivity index (χ0v) is 13.7. The van der Waals surface area contributed by atoms with E-state index >= 15 is 0 Å². The van der Waals surface area contributed by atoms with Crippen LogP contribution in [0.3, 0.4) is 0 Å². The van der Waals surface area contributed by atoms with Crippen LogP contribution in [-0.4, -0.2) is 36.7 Å². The predicted octanol–water partition coefficient (Wildman–Crippen LogP) is 2.14. The summed E-state index contributed by atoms with van der Waals surface area (Å²) in [4.78, 5) is 24.0. The lowest BCUT2D eigenvalue weighted by Crippen LogP contribution is -2.14. The van der Waals surface area contributed by atoms with E-state index in [4.69, 9.17) is 5.73 Å². The number of anilines is 2. The maximum Gasteiger partial charge on any atom is 0.236 e. The molecule has 0 aliphatic heterocycles. The molecule has 0 atom stereocenters. The van der Waals surface area contributed by atoms with Gasteiger partial charge in [0, 0.05) is 29.7 Å². The van der Waals surface area contributed by atoms with Crippen LogP contribution in [-0.2, 0) is 4.79 Å². The standard InChI is InChI=1S/C11H14N6OS3/c1-2-5-19-11-16-10(21-17-11)15-7(18)6-20-9-8(12)13-3-4-14-9/h3-4H,2,5-6H2,1H3,(H2,12,13)(H,15,16,17,18). The molecular formula is C11H14N6OS3. The fraction of sp³-hybridized carbons (Fsp3) is 0.364. The minimum absolute atomic E-state index is 0.173. The SMILES string of the molecule is CCCSc1nsc(NC(=O)CSc2nccnc2N)n1. The Morgan fingerprint density at radius 2 is 2.19 bits per heavy atom. The number of nitrogens with two attached hydrogens (primary N) is 1. The van der Waals surface area contributed by atoms with Crippen molar-refractivity contribution >= 4 is 51.9 Å². The summed E-state index contributed by atoms with van der Waals surface area (Å²) in [5.74, 6) is 1.31. The number of carbonyl (C=O) groups excluding carboxylic acids is 1. The minimum Gasteiger partial charge on any atom is -0.381 e. The van der Waals surface area contributed by atoms with Crippen molar-refractivity contribution < 1.29 is 4.79 Å². The average molecular weight is 342 g/mol. The molecule has 2 rings (SSSR count). The molecule has 2 heterocycles. The molecular weight excluding hydrogens is 328 g/mol. The van der Waals surface area contributed by atoms with E-state index in [9.17, 15) is 4.79 Å². The van der Waals surface area contributed by atoms with E-state index in [2.05, 4.69) is 31.6 Å². The van der Waals surface area contributed by atoms with Crippen LogP contribution < -0.4 is 11.1 Å². The molecule has 0 radical (unpaired) electrons. The molecule has 21 heavy (non-hydrogen) atoms. The van der Waals surface area contributed by atoms with E-state index in [1.54, 1.807) is 18.0 Å². The van der Waals surface area contributed by atoms with Gasteiger partial charge in [0.15, 0.2) is 5.82 Å². The molecule has 3 N–H and O–H groups in total. The van der Waals surface area contributed by atoms with Gasteiger partial charge >= 0.3 is 0 Å². The summed E-state index contributed by atoms with van der Waals surface area (Å²) >= 11 is 3.99. The lowest BCUT2D eigenvalue weighted by atomic mass is 10.6. The van der Waals surface area contributed by atoms with Crippen molar-refractivity contribution in [2.45, 2.75) is 23.5 Å². The van der Waals surface area contributed by atoms with Crippen LogP contribution in [0.5, 0.6) is 0 Å². The van der Waals surface area contributed by atoms with E-state index in [1.807, 2.05) is 0 Å². The second-order valence-electron chi connectivity index (χ2n) is 3.81. The summed E-state index contributed by atoms with van der Waals surface area (Å²) < 4.78 is 4.17. The molecule has 0 aliphatic carbocycles. The van der Waals surface area contributed by atoms with Crippen LogP contribution in [0.1, 0.15) is 13.3 Å². The van der Waals surface area contributed by atoms with Crippen LogP contribution in [0, 0.1) is 0 Å². The van der Waals surface area contributed by atoms with Gasteiger partial charge in [-0.15, -0.1) is 0 Å². The van der Waals surface area contributed by atoms with E-state index in [1.165, 1.54) is 29.5 Å². The molecule has 0 saturated heterocycles. The summed E-state index contributed by atoms with van der Waals surface area (Å²) in [6, 6.07) is 0. The Morgan fingerprint density at radius 3 is 2.95 bits per heavy atom. The van der Waals surface area contributed by atoms with Gasteiger partial charge in [0.05, 0.1) is 5.75 Å². The van der Waals surface area contributed by atoms with Crippen LogP contribution in [0.2, 0.25) is 0 Å². The number of hydrogen-bond acceptors (Lipinski definition) is 9. The van der Waals surface area contributed by atoms with Crippen molar-refractivity contribution in [1.82, 2.24) is 19.3 Å². The molecule has 2 aromatic heterocycles. The number of thioether (sulfide) groups is 2. The normalized spacial score (nSPS) is 10.5. The molecule has 7 nitrogen and oxygen atoms in total. The second kappa shape index (κ2) is 8.15. The van der Waals surface area contributed by atoms with E-state index in [-0.39, 0.29) is 11.7 Å². The highest BCUT2D eigenvalue weighted by molar-refractivity contribution is 8.00. The number of rotatable bonds is 7. The van der Waals surface area contributed by atoms with Crippen LogP contribution in [0.4, 0.5) is 10.9 Å². The summed E-state index contributed by atoms with van der Waals surface area (Å²) in [6.07, 6.45) is 4.11. The van der Waals surface area contributed by atoms with Crippen LogP contribution in [0.15, 0.2) is 22.6 Å².